The van der Waals surface area contributed by atoms with Crippen LogP contribution in [-0.2, 0) is 4.79 Å². The summed E-state index contributed by atoms with van der Waals surface area (Å²) in [6.45, 7) is 6.28. The number of carbonyl (C=O) groups excluding carboxylic acids is 1. The van der Waals surface area contributed by atoms with Gasteiger partial charge < -0.3 is 10.2 Å². The van der Waals surface area contributed by atoms with Crippen LogP contribution in [0.15, 0.2) is 24.3 Å². The number of likely N-dealkylation sites (tertiary alicyclic amines) is 1. The SMILES string of the molecule is N#CCC1CCN(C2NC3CNNC(=O)C3C(Nc3ccc(N4CCN(CCF)CC4)cc3)N2)CC1. The summed E-state index contributed by atoms with van der Waals surface area (Å²) in [6.07, 6.45) is 2.39. The molecule has 36 heavy (non-hydrogen) atoms. The summed E-state index contributed by atoms with van der Waals surface area (Å²) < 4.78 is 12.6. The molecule has 4 atom stereocenters. The quantitative estimate of drug-likeness (QED) is 0.360. The van der Waals surface area contributed by atoms with E-state index in [4.69, 9.17) is 5.26 Å². The zero-order chi connectivity index (χ0) is 24.9. The summed E-state index contributed by atoms with van der Waals surface area (Å²) in [5, 5.41) is 19.9. The lowest BCUT2D eigenvalue weighted by atomic mass is 9.90. The summed E-state index contributed by atoms with van der Waals surface area (Å²) >= 11 is 0. The maximum absolute atomic E-state index is 12.8. The van der Waals surface area contributed by atoms with Gasteiger partial charge in [-0.05, 0) is 43.0 Å². The van der Waals surface area contributed by atoms with Gasteiger partial charge in [0.1, 0.15) is 13.0 Å². The number of rotatable bonds is 7. The van der Waals surface area contributed by atoms with Crippen molar-refractivity contribution in [3.05, 3.63) is 24.3 Å². The van der Waals surface area contributed by atoms with Crippen LogP contribution in [0.1, 0.15) is 19.3 Å². The van der Waals surface area contributed by atoms with E-state index in [0.717, 1.165) is 63.5 Å². The molecule has 10 nitrogen and oxygen atoms in total. The Bertz CT molecular complexity index is 909. The molecule has 0 radical (unpaired) electrons. The number of anilines is 2. The number of benzene rings is 1. The number of hydrogen-bond donors (Lipinski definition) is 5. The predicted octanol–water partition coefficient (Wildman–Crippen LogP) is 0.237. The largest absolute Gasteiger partial charge is 0.369 e. The number of piperidine rings is 1. The smallest absolute Gasteiger partial charge is 0.242 e. The van der Waals surface area contributed by atoms with Crippen LogP contribution in [0.3, 0.4) is 0 Å². The Kier molecular flexibility index (Phi) is 8.19. The van der Waals surface area contributed by atoms with Gasteiger partial charge in [0.2, 0.25) is 5.91 Å². The Balaban J connectivity index is 1.23. The predicted molar refractivity (Wildman–Crippen MR) is 136 cm³/mol. The molecule has 1 aromatic rings. The fourth-order valence-corrected chi connectivity index (χ4v) is 5.90. The molecule has 0 saturated carbocycles. The number of nitriles is 1. The van der Waals surface area contributed by atoms with E-state index in [1.165, 1.54) is 0 Å². The van der Waals surface area contributed by atoms with Crippen molar-refractivity contribution in [2.45, 2.75) is 37.8 Å². The van der Waals surface area contributed by atoms with Crippen molar-refractivity contribution in [1.82, 2.24) is 31.3 Å². The molecular weight excluding hydrogens is 461 g/mol. The molecule has 4 saturated heterocycles. The van der Waals surface area contributed by atoms with Crippen molar-refractivity contribution in [2.75, 3.05) is 69.2 Å². The van der Waals surface area contributed by atoms with Gasteiger partial charge in [0.25, 0.3) is 0 Å². The zero-order valence-electron chi connectivity index (χ0n) is 20.8. The summed E-state index contributed by atoms with van der Waals surface area (Å²) in [6, 6.07) is 10.7. The Labute approximate surface area is 212 Å². The van der Waals surface area contributed by atoms with Crippen LogP contribution in [0.5, 0.6) is 0 Å². The molecule has 1 aromatic carbocycles. The number of nitrogens with one attached hydrogen (secondary N) is 5. The van der Waals surface area contributed by atoms with E-state index in [1.807, 2.05) is 0 Å². The number of fused-ring (bicyclic) bond motifs is 1. The molecule has 196 valence electrons. The van der Waals surface area contributed by atoms with E-state index in [1.54, 1.807) is 0 Å². The number of nitrogens with zero attached hydrogens (tertiary/aromatic N) is 4. The summed E-state index contributed by atoms with van der Waals surface area (Å²) in [4.78, 5) is 19.7. The lowest BCUT2D eigenvalue weighted by Crippen LogP contribution is -2.77. The zero-order valence-corrected chi connectivity index (χ0v) is 20.8. The Morgan fingerprint density at radius 2 is 1.81 bits per heavy atom. The highest BCUT2D eigenvalue weighted by atomic mass is 19.1. The Hall–Kier alpha value is -2.49. The summed E-state index contributed by atoms with van der Waals surface area (Å²) in [7, 11) is 0. The number of piperazine rings is 1. The van der Waals surface area contributed by atoms with Gasteiger partial charge >= 0.3 is 0 Å². The van der Waals surface area contributed by atoms with Crippen molar-refractivity contribution in [2.24, 2.45) is 11.8 Å². The highest BCUT2D eigenvalue weighted by molar-refractivity contribution is 5.81. The van der Waals surface area contributed by atoms with Crippen LogP contribution in [0.2, 0.25) is 0 Å². The first-order valence-corrected chi connectivity index (χ1v) is 13.2. The molecule has 4 fully saturated rings. The van der Waals surface area contributed by atoms with E-state index in [9.17, 15) is 9.18 Å². The van der Waals surface area contributed by atoms with Crippen molar-refractivity contribution < 1.29 is 9.18 Å². The number of hydrogen-bond acceptors (Lipinski definition) is 9. The molecule has 0 aromatic heterocycles. The third-order valence-electron chi connectivity index (χ3n) is 8.06. The molecule has 0 spiro atoms. The first-order chi connectivity index (χ1) is 17.6. The molecular formula is C25H38FN9O. The van der Waals surface area contributed by atoms with Gasteiger partial charge in [-0.3, -0.25) is 30.7 Å². The van der Waals surface area contributed by atoms with Gasteiger partial charge in [-0.2, -0.15) is 5.26 Å². The second-order valence-corrected chi connectivity index (χ2v) is 10.3. The number of alkyl halides is 1. The van der Waals surface area contributed by atoms with Crippen LogP contribution in [0.25, 0.3) is 0 Å². The second-order valence-electron chi connectivity index (χ2n) is 10.3. The molecule has 0 bridgehead atoms. The lowest BCUT2D eigenvalue weighted by Gasteiger charge is -2.49. The van der Waals surface area contributed by atoms with Gasteiger partial charge in [-0.15, -0.1) is 0 Å². The highest BCUT2D eigenvalue weighted by Crippen LogP contribution is 2.26. The molecule has 5 N–H and O–H groups in total. The average molecular weight is 500 g/mol. The molecule has 4 unspecified atom stereocenters. The number of amides is 1. The Morgan fingerprint density at radius 1 is 1.06 bits per heavy atom. The summed E-state index contributed by atoms with van der Waals surface area (Å²) in [5.41, 5.74) is 7.93. The van der Waals surface area contributed by atoms with E-state index in [2.05, 4.69) is 71.8 Å². The topological polar surface area (TPSA) is 111 Å². The minimum Gasteiger partial charge on any atom is -0.369 e. The molecule has 4 aliphatic heterocycles. The molecule has 5 rings (SSSR count). The molecule has 11 heteroatoms. The monoisotopic (exact) mass is 499 g/mol. The van der Waals surface area contributed by atoms with Crippen molar-refractivity contribution in [3.63, 3.8) is 0 Å². The number of carbonyl (C=O) groups is 1. The average Bonchev–Trinajstić information content (AvgIpc) is 2.90. The Morgan fingerprint density at radius 3 is 2.50 bits per heavy atom. The maximum Gasteiger partial charge on any atom is 0.242 e. The van der Waals surface area contributed by atoms with Crippen LogP contribution in [0, 0.1) is 23.2 Å². The van der Waals surface area contributed by atoms with Crippen LogP contribution in [0.4, 0.5) is 15.8 Å². The second kappa shape index (κ2) is 11.7. The molecule has 0 aliphatic carbocycles. The van der Waals surface area contributed by atoms with Gasteiger partial charge in [0.05, 0.1) is 18.2 Å². The number of hydrazine groups is 1. The van der Waals surface area contributed by atoms with Crippen LogP contribution < -0.4 is 31.7 Å². The minimum atomic E-state index is -0.290. The number of halogens is 1. The third kappa shape index (κ3) is 5.74. The van der Waals surface area contributed by atoms with Crippen LogP contribution in [-0.4, -0.2) is 93.2 Å². The van der Waals surface area contributed by atoms with E-state index >= 15 is 0 Å². The van der Waals surface area contributed by atoms with E-state index in [0.29, 0.717) is 25.4 Å². The van der Waals surface area contributed by atoms with Gasteiger partial charge in [0.15, 0.2) is 0 Å². The van der Waals surface area contributed by atoms with E-state index in [-0.39, 0.29) is 37.0 Å². The van der Waals surface area contributed by atoms with Crippen molar-refractivity contribution in [1.29, 1.82) is 5.26 Å². The molecule has 4 heterocycles. The van der Waals surface area contributed by atoms with Crippen LogP contribution >= 0.6 is 0 Å². The van der Waals surface area contributed by atoms with Crippen molar-refractivity contribution in [3.8, 4) is 6.07 Å². The first-order valence-electron chi connectivity index (χ1n) is 13.2. The first kappa shape index (κ1) is 25.2. The fourth-order valence-electron chi connectivity index (χ4n) is 5.90. The van der Waals surface area contributed by atoms with Gasteiger partial charge in [0, 0.05) is 76.2 Å². The fraction of sp³-hybridized carbons (Fsp3) is 0.680. The van der Waals surface area contributed by atoms with Crippen molar-refractivity contribution >= 4 is 17.3 Å². The lowest BCUT2D eigenvalue weighted by molar-refractivity contribution is -0.132. The maximum atomic E-state index is 12.8. The van der Waals surface area contributed by atoms with E-state index < -0.39 is 0 Å². The van der Waals surface area contributed by atoms with Gasteiger partial charge in [-0.25, -0.2) is 9.82 Å². The molecule has 4 aliphatic rings. The highest BCUT2D eigenvalue weighted by Gasteiger charge is 2.45. The third-order valence-corrected chi connectivity index (χ3v) is 8.06. The van der Waals surface area contributed by atoms with Gasteiger partial charge in [-0.1, -0.05) is 0 Å². The summed E-state index contributed by atoms with van der Waals surface area (Å²) in [5.74, 6) is 0.184. The molecule has 1 amide bonds. The minimum absolute atomic E-state index is 0.000721. The normalized spacial score (nSPS) is 30.3. The standard InChI is InChI=1S/C25H38FN9O/c26-8-12-33-13-15-34(16-14-33)20-3-1-19(2-4-20)29-23-22-21(17-28-32-24(22)36)30-25(31-23)35-10-6-18(5-9-27)7-11-35/h1-4,18,21-23,25,28-31H,5-8,10-17H2,(H,32,36).